The average molecular weight is 206 g/mol. The van der Waals surface area contributed by atoms with Crippen molar-refractivity contribution >= 4 is 5.69 Å². The normalized spacial score (nSPS) is 16.5. The number of rotatable bonds is 4. The molecule has 0 unspecified atom stereocenters. The van der Waals surface area contributed by atoms with Crippen LogP contribution < -0.4 is 5.32 Å². The van der Waals surface area contributed by atoms with Crippen LogP contribution in [0.15, 0.2) is 24.3 Å². The summed E-state index contributed by atoms with van der Waals surface area (Å²) in [5, 5.41) is 3.50. The van der Waals surface area contributed by atoms with Gasteiger partial charge in [0.1, 0.15) is 0 Å². The zero-order chi connectivity index (χ0) is 10.7. The van der Waals surface area contributed by atoms with Crippen LogP contribution in [-0.2, 0) is 11.3 Å². The first-order valence-corrected chi connectivity index (χ1v) is 5.32. The van der Waals surface area contributed by atoms with Gasteiger partial charge in [0, 0.05) is 12.2 Å². The van der Waals surface area contributed by atoms with Crippen molar-refractivity contribution in [2.45, 2.75) is 12.6 Å². The summed E-state index contributed by atoms with van der Waals surface area (Å²) in [4.78, 5) is 2.18. The third-order valence-electron chi connectivity index (χ3n) is 2.50. The third kappa shape index (κ3) is 2.70. The number of nitrogens with one attached hydrogen (secondary N) is 1. The largest absolute Gasteiger partial charge is 0.377 e. The molecule has 1 saturated heterocycles. The second-order valence-electron chi connectivity index (χ2n) is 4.27. The lowest BCUT2D eigenvalue weighted by molar-refractivity contribution is 0.0210. The van der Waals surface area contributed by atoms with Crippen LogP contribution in [0.2, 0.25) is 0 Å². The lowest BCUT2D eigenvalue weighted by atomic mass is 10.1. The number of hydrogen-bond acceptors (Lipinski definition) is 3. The van der Waals surface area contributed by atoms with E-state index in [1.54, 1.807) is 0 Å². The van der Waals surface area contributed by atoms with Crippen LogP contribution in [0.4, 0.5) is 5.69 Å². The van der Waals surface area contributed by atoms with Gasteiger partial charge in [0.2, 0.25) is 0 Å². The molecule has 0 aliphatic carbocycles. The quantitative estimate of drug-likeness (QED) is 0.809. The molecule has 0 amide bonds. The van der Waals surface area contributed by atoms with Crippen molar-refractivity contribution in [2.24, 2.45) is 0 Å². The molecule has 1 aliphatic heterocycles. The molecular weight excluding hydrogens is 188 g/mol. The van der Waals surface area contributed by atoms with Crippen LogP contribution in [0.5, 0.6) is 0 Å². The lowest BCUT2D eigenvalue weighted by Crippen LogP contribution is -2.40. The minimum absolute atomic E-state index is 0.494. The summed E-state index contributed by atoms with van der Waals surface area (Å²) < 4.78 is 5.16. The van der Waals surface area contributed by atoms with Crippen LogP contribution in [0, 0.1) is 0 Å². The van der Waals surface area contributed by atoms with Gasteiger partial charge in [0.05, 0.1) is 19.3 Å². The van der Waals surface area contributed by atoms with E-state index in [1.807, 2.05) is 0 Å². The molecule has 1 fully saturated rings. The maximum atomic E-state index is 5.16. The molecule has 15 heavy (non-hydrogen) atoms. The van der Waals surface area contributed by atoms with Crippen molar-refractivity contribution in [3.63, 3.8) is 0 Å². The summed E-state index contributed by atoms with van der Waals surface area (Å²) in [5.41, 5.74) is 2.58. The van der Waals surface area contributed by atoms with Gasteiger partial charge < -0.3 is 15.0 Å². The highest BCUT2D eigenvalue weighted by atomic mass is 16.5. The van der Waals surface area contributed by atoms with E-state index in [2.05, 4.69) is 48.6 Å². The third-order valence-corrected chi connectivity index (χ3v) is 2.50. The van der Waals surface area contributed by atoms with Gasteiger partial charge in [0.25, 0.3) is 0 Å². The Balaban J connectivity index is 2.06. The predicted octanol–water partition coefficient (Wildman–Crippen LogP) is 1.56. The highest BCUT2D eigenvalue weighted by molar-refractivity contribution is 5.52. The van der Waals surface area contributed by atoms with Gasteiger partial charge in [-0.3, -0.25) is 0 Å². The van der Waals surface area contributed by atoms with Gasteiger partial charge >= 0.3 is 0 Å². The van der Waals surface area contributed by atoms with Gasteiger partial charge in [-0.15, -0.1) is 0 Å². The second-order valence-corrected chi connectivity index (χ2v) is 4.27. The Morgan fingerprint density at radius 3 is 2.67 bits per heavy atom. The van der Waals surface area contributed by atoms with Crippen molar-refractivity contribution in [2.75, 3.05) is 32.6 Å². The molecule has 3 nitrogen and oxygen atoms in total. The fourth-order valence-electron chi connectivity index (χ4n) is 1.68. The molecule has 2 rings (SSSR count). The van der Waals surface area contributed by atoms with Crippen LogP contribution in [0.1, 0.15) is 5.56 Å². The van der Waals surface area contributed by atoms with Crippen LogP contribution in [0.25, 0.3) is 0 Å². The van der Waals surface area contributed by atoms with Crippen molar-refractivity contribution in [1.29, 1.82) is 0 Å². The number of anilines is 1. The number of hydrogen-bond donors (Lipinski definition) is 1. The van der Waals surface area contributed by atoms with Crippen molar-refractivity contribution in [1.82, 2.24) is 4.90 Å². The lowest BCUT2D eigenvalue weighted by Gasteiger charge is -2.29. The topological polar surface area (TPSA) is 24.5 Å². The highest BCUT2D eigenvalue weighted by Gasteiger charge is 2.18. The minimum Gasteiger partial charge on any atom is -0.377 e. The fourth-order valence-corrected chi connectivity index (χ4v) is 1.68. The Labute approximate surface area is 91.0 Å². The van der Waals surface area contributed by atoms with E-state index < -0.39 is 0 Å². The summed E-state index contributed by atoms with van der Waals surface area (Å²) >= 11 is 0. The molecule has 0 radical (unpaired) electrons. The molecule has 1 N–H and O–H groups in total. The predicted molar refractivity (Wildman–Crippen MR) is 62.1 cm³/mol. The number of benzene rings is 1. The fraction of sp³-hybridized carbons (Fsp3) is 0.500. The van der Waals surface area contributed by atoms with Gasteiger partial charge in [-0.25, -0.2) is 0 Å². The maximum absolute atomic E-state index is 5.16. The highest BCUT2D eigenvalue weighted by Crippen LogP contribution is 2.19. The van der Waals surface area contributed by atoms with Gasteiger partial charge in [-0.1, -0.05) is 18.2 Å². The summed E-state index contributed by atoms with van der Waals surface area (Å²) in [6, 6.07) is 8.95. The van der Waals surface area contributed by atoms with E-state index in [4.69, 9.17) is 4.74 Å². The van der Waals surface area contributed by atoms with E-state index in [0.29, 0.717) is 6.04 Å². The first kappa shape index (κ1) is 10.5. The zero-order valence-corrected chi connectivity index (χ0v) is 9.36. The minimum atomic E-state index is 0.494. The molecule has 0 spiro atoms. The van der Waals surface area contributed by atoms with E-state index in [1.165, 1.54) is 11.3 Å². The molecule has 0 bridgehead atoms. The van der Waals surface area contributed by atoms with E-state index in [-0.39, 0.29) is 0 Å². The van der Waals surface area contributed by atoms with E-state index in [9.17, 15) is 0 Å². The smallest absolute Gasteiger partial charge is 0.0728 e. The Morgan fingerprint density at radius 1 is 1.33 bits per heavy atom. The van der Waals surface area contributed by atoms with Crippen molar-refractivity contribution in [3.8, 4) is 0 Å². The first-order chi connectivity index (χ1) is 7.25. The van der Waals surface area contributed by atoms with Crippen molar-refractivity contribution in [3.05, 3.63) is 29.8 Å². The molecule has 82 valence electrons. The van der Waals surface area contributed by atoms with Gasteiger partial charge in [-0.2, -0.15) is 0 Å². The van der Waals surface area contributed by atoms with Crippen molar-refractivity contribution < 1.29 is 4.74 Å². The molecule has 0 aromatic heterocycles. The first-order valence-electron chi connectivity index (χ1n) is 5.32. The zero-order valence-electron chi connectivity index (χ0n) is 9.36. The number of ether oxygens (including phenoxy) is 1. The second kappa shape index (κ2) is 4.64. The monoisotopic (exact) mass is 206 g/mol. The summed E-state index contributed by atoms with van der Waals surface area (Å²) in [6.45, 7) is 2.63. The molecule has 1 aromatic carbocycles. The Morgan fingerprint density at radius 2 is 2.07 bits per heavy atom. The van der Waals surface area contributed by atoms with Crippen LogP contribution in [0.3, 0.4) is 0 Å². The summed E-state index contributed by atoms with van der Waals surface area (Å²) in [6.07, 6.45) is 0. The molecule has 0 saturated carbocycles. The maximum Gasteiger partial charge on any atom is 0.0728 e. The van der Waals surface area contributed by atoms with E-state index >= 15 is 0 Å². The SMILES string of the molecule is CN(C)Cc1ccccc1NC1COC1. The average Bonchev–Trinajstić information content (AvgIpc) is 2.13. The summed E-state index contributed by atoms with van der Waals surface area (Å²) in [5.74, 6) is 0. The Bertz CT molecular complexity index is 321. The molecule has 3 heteroatoms. The molecular formula is C12H18N2O. The molecule has 1 heterocycles. The number of nitrogens with zero attached hydrogens (tertiary/aromatic N) is 1. The standard InChI is InChI=1S/C12H18N2O/c1-14(2)7-10-5-3-4-6-12(10)13-11-8-15-9-11/h3-6,11,13H,7-9H2,1-2H3. The van der Waals surface area contributed by atoms with E-state index in [0.717, 1.165) is 19.8 Å². The molecule has 1 aliphatic rings. The van der Waals surface area contributed by atoms with Crippen LogP contribution in [-0.4, -0.2) is 38.3 Å². The van der Waals surface area contributed by atoms with Crippen LogP contribution >= 0.6 is 0 Å². The van der Waals surface area contributed by atoms with Gasteiger partial charge in [-0.05, 0) is 25.7 Å². The summed E-state index contributed by atoms with van der Waals surface area (Å²) in [7, 11) is 4.17. The molecule has 1 aromatic rings. The Kier molecular flexibility index (Phi) is 3.23. The van der Waals surface area contributed by atoms with Gasteiger partial charge in [0.15, 0.2) is 0 Å². The number of para-hydroxylation sites is 1. The Hall–Kier alpha value is -1.06. The molecule has 0 atom stereocenters.